The van der Waals surface area contributed by atoms with Crippen LogP contribution in [0, 0.1) is 5.41 Å². The van der Waals surface area contributed by atoms with Crippen molar-refractivity contribution in [1.82, 2.24) is 0 Å². The lowest BCUT2D eigenvalue weighted by atomic mass is 9.95. The quantitative estimate of drug-likeness (QED) is 0.743. The van der Waals surface area contributed by atoms with E-state index in [1.165, 1.54) is 6.07 Å². The predicted octanol–water partition coefficient (Wildman–Crippen LogP) is 4.51. The Kier molecular flexibility index (Phi) is 4.79. The summed E-state index contributed by atoms with van der Waals surface area (Å²) in [5.41, 5.74) is 2.05. The van der Waals surface area contributed by atoms with E-state index in [-0.39, 0.29) is 11.3 Å². The average molecular weight is 364 g/mol. The smallest absolute Gasteiger partial charge is 0.229 e. The van der Waals surface area contributed by atoms with Crippen LogP contribution in [0.1, 0.15) is 20.8 Å². The maximum absolute atomic E-state index is 12.8. The topological polar surface area (TPSA) is 62.6 Å². The minimum Gasteiger partial charge on any atom is -0.456 e. The van der Waals surface area contributed by atoms with Gasteiger partial charge in [-0.25, -0.2) is 0 Å². The normalized spacial score (nSPS) is 11.4. The number of hydrogen-bond donors (Lipinski definition) is 1. The largest absolute Gasteiger partial charge is 0.456 e. The van der Waals surface area contributed by atoms with Crippen LogP contribution in [0.3, 0.4) is 0 Å². The number of carbonyl (C=O) groups excluding carboxylic acids is 1. The Morgan fingerprint density at radius 1 is 1.04 bits per heavy atom. The molecule has 0 aliphatic heterocycles. The third kappa shape index (κ3) is 3.87. The summed E-state index contributed by atoms with van der Waals surface area (Å²) in [6.07, 6.45) is 0. The van der Waals surface area contributed by atoms with Crippen molar-refractivity contribution in [1.29, 1.82) is 0 Å². The van der Waals surface area contributed by atoms with E-state index in [2.05, 4.69) is 5.32 Å². The van der Waals surface area contributed by atoms with Crippen LogP contribution in [-0.4, -0.2) is 20.0 Å². The number of nitrogens with one attached hydrogen (secondary N) is 1. The van der Waals surface area contributed by atoms with E-state index in [4.69, 9.17) is 4.42 Å². The van der Waals surface area contributed by atoms with Crippen molar-refractivity contribution in [2.45, 2.75) is 20.8 Å². The minimum absolute atomic E-state index is 0.155. The first-order chi connectivity index (χ1) is 12.7. The molecule has 0 saturated carbocycles. The van der Waals surface area contributed by atoms with Crippen molar-refractivity contribution >= 4 is 28.3 Å². The Morgan fingerprint density at radius 3 is 2.30 bits per heavy atom. The molecule has 0 radical (unpaired) electrons. The standard InChI is InChI=1S/C22H24N2O3/c1-22(2,3)21(26)23-16-7-6-8-18-20(16)17(25)13-19(27-18)14-9-11-15(12-10-14)24(4)5/h6-13H,1-5H3,(H,23,26). The Morgan fingerprint density at radius 2 is 1.70 bits per heavy atom. The molecule has 0 fully saturated rings. The van der Waals surface area contributed by atoms with Crippen molar-refractivity contribution in [3.63, 3.8) is 0 Å². The number of nitrogens with zero attached hydrogens (tertiary/aromatic N) is 1. The van der Waals surface area contributed by atoms with Gasteiger partial charge < -0.3 is 14.6 Å². The highest BCUT2D eigenvalue weighted by molar-refractivity contribution is 6.02. The molecule has 0 aliphatic rings. The first kappa shape index (κ1) is 18.7. The molecule has 1 N–H and O–H groups in total. The highest BCUT2D eigenvalue weighted by Crippen LogP contribution is 2.28. The summed E-state index contributed by atoms with van der Waals surface area (Å²) in [6.45, 7) is 5.47. The second-order valence-electron chi connectivity index (χ2n) is 7.80. The highest BCUT2D eigenvalue weighted by atomic mass is 16.3. The molecule has 3 aromatic rings. The predicted molar refractivity (Wildman–Crippen MR) is 110 cm³/mol. The second kappa shape index (κ2) is 6.91. The number of rotatable bonds is 3. The van der Waals surface area contributed by atoms with Crippen LogP contribution in [0.4, 0.5) is 11.4 Å². The first-order valence-electron chi connectivity index (χ1n) is 8.83. The molecule has 1 aromatic heterocycles. The summed E-state index contributed by atoms with van der Waals surface area (Å²) in [5, 5.41) is 3.22. The van der Waals surface area contributed by atoms with Crippen LogP contribution >= 0.6 is 0 Å². The SMILES string of the molecule is CN(C)c1ccc(-c2cc(=O)c3c(NC(=O)C(C)(C)C)cccc3o2)cc1. The molecule has 0 atom stereocenters. The second-order valence-corrected chi connectivity index (χ2v) is 7.80. The lowest BCUT2D eigenvalue weighted by Gasteiger charge is -2.18. The van der Waals surface area contributed by atoms with Gasteiger partial charge in [0, 0.05) is 36.8 Å². The summed E-state index contributed by atoms with van der Waals surface area (Å²) in [6, 6.07) is 14.5. The van der Waals surface area contributed by atoms with Crippen molar-refractivity contribution in [3.05, 3.63) is 58.8 Å². The molecule has 140 valence electrons. The number of amides is 1. The van der Waals surface area contributed by atoms with E-state index in [0.717, 1.165) is 11.3 Å². The van der Waals surface area contributed by atoms with Crippen LogP contribution in [0.25, 0.3) is 22.3 Å². The molecule has 0 spiro atoms. The average Bonchev–Trinajstić information content (AvgIpc) is 2.60. The Labute approximate surface area is 158 Å². The molecule has 3 rings (SSSR count). The molecule has 2 aromatic carbocycles. The highest BCUT2D eigenvalue weighted by Gasteiger charge is 2.22. The van der Waals surface area contributed by atoms with Gasteiger partial charge in [-0.05, 0) is 36.4 Å². The van der Waals surface area contributed by atoms with Gasteiger partial charge >= 0.3 is 0 Å². The molecule has 0 saturated heterocycles. The van der Waals surface area contributed by atoms with Gasteiger partial charge in [0.25, 0.3) is 0 Å². The third-order valence-corrected chi connectivity index (χ3v) is 4.35. The fraction of sp³-hybridized carbons (Fsp3) is 0.273. The fourth-order valence-corrected chi connectivity index (χ4v) is 2.69. The number of hydrogen-bond acceptors (Lipinski definition) is 4. The first-order valence-corrected chi connectivity index (χ1v) is 8.83. The zero-order valence-corrected chi connectivity index (χ0v) is 16.3. The van der Waals surface area contributed by atoms with E-state index in [1.54, 1.807) is 18.2 Å². The third-order valence-electron chi connectivity index (χ3n) is 4.35. The van der Waals surface area contributed by atoms with Crippen LogP contribution in [0.15, 0.2) is 57.7 Å². The number of anilines is 2. The van der Waals surface area contributed by atoms with Crippen molar-refractivity contribution < 1.29 is 9.21 Å². The van der Waals surface area contributed by atoms with Gasteiger partial charge in [0.05, 0.1) is 11.1 Å². The number of fused-ring (bicyclic) bond motifs is 1. The summed E-state index contributed by atoms with van der Waals surface area (Å²) >= 11 is 0. The van der Waals surface area contributed by atoms with Crippen molar-refractivity contribution in [2.24, 2.45) is 5.41 Å². The zero-order valence-electron chi connectivity index (χ0n) is 16.3. The van der Waals surface area contributed by atoms with Crippen LogP contribution in [0.2, 0.25) is 0 Å². The van der Waals surface area contributed by atoms with Crippen LogP contribution < -0.4 is 15.6 Å². The van der Waals surface area contributed by atoms with E-state index >= 15 is 0 Å². The van der Waals surface area contributed by atoms with Crippen LogP contribution in [-0.2, 0) is 4.79 Å². The molecule has 27 heavy (non-hydrogen) atoms. The lowest BCUT2D eigenvalue weighted by molar-refractivity contribution is -0.123. The molecule has 0 bridgehead atoms. The van der Waals surface area contributed by atoms with E-state index in [0.29, 0.717) is 22.4 Å². The monoisotopic (exact) mass is 364 g/mol. The Hall–Kier alpha value is -3.08. The number of carbonyl (C=O) groups is 1. The van der Waals surface area contributed by atoms with Crippen molar-refractivity contribution in [3.8, 4) is 11.3 Å². The zero-order chi connectivity index (χ0) is 19.8. The van der Waals surface area contributed by atoms with Gasteiger partial charge in [-0.2, -0.15) is 0 Å². The molecule has 0 aliphatic carbocycles. The molecule has 5 heteroatoms. The van der Waals surface area contributed by atoms with Gasteiger partial charge in [0.1, 0.15) is 11.3 Å². The van der Waals surface area contributed by atoms with Gasteiger partial charge in [0.15, 0.2) is 5.43 Å². The summed E-state index contributed by atoms with van der Waals surface area (Å²) < 4.78 is 5.97. The van der Waals surface area contributed by atoms with Gasteiger partial charge in [0.2, 0.25) is 5.91 Å². The number of benzene rings is 2. The minimum atomic E-state index is -0.559. The maximum atomic E-state index is 12.8. The molecule has 0 unspecified atom stereocenters. The molecule has 5 nitrogen and oxygen atoms in total. The van der Waals surface area contributed by atoms with Crippen molar-refractivity contribution in [2.75, 3.05) is 24.3 Å². The Bertz CT molecular complexity index is 1040. The molecule has 1 amide bonds. The van der Waals surface area contributed by atoms with E-state index in [9.17, 15) is 9.59 Å². The molecular formula is C22H24N2O3. The lowest BCUT2D eigenvalue weighted by Crippen LogP contribution is -2.28. The summed E-state index contributed by atoms with van der Waals surface area (Å²) in [5.74, 6) is 0.342. The van der Waals surface area contributed by atoms with E-state index < -0.39 is 5.41 Å². The molecule has 1 heterocycles. The summed E-state index contributed by atoms with van der Waals surface area (Å²) in [7, 11) is 3.94. The van der Waals surface area contributed by atoms with Crippen LogP contribution in [0.5, 0.6) is 0 Å². The van der Waals surface area contributed by atoms with Gasteiger partial charge in [-0.15, -0.1) is 0 Å². The Balaban J connectivity index is 2.05. The van der Waals surface area contributed by atoms with Gasteiger partial charge in [-0.1, -0.05) is 26.8 Å². The van der Waals surface area contributed by atoms with Gasteiger partial charge in [-0.3, -0.25) is 9.59 Å². The van der Waals surface area contributed by atoms with E-state index in [1.807, 2.05) is 64.0 Å². The molecular weight excluding hydrogens is 340 g/mol. The maximum Gasteiger partial charge on any atom is 0.229 e. The summed E-state index contributed by atoms with van der Waals surface area (Å²) in [4.78, 5) is 27.1. The fourth-order valence-electron chi connectivity index (χ4n) is 2.69.